The lowest BCUT2D eigenvalue weighted by Crippen LogP contribution is -2.41. The van der Waals surface area contributed by atoms with Gasteiger partial charge in [-0.25, -0.2) is 4.99 Å². The molecule has 0 bridgehead atoms. The maximum atomic E-state index is 10.4. The van der Waals surface area contributed by atoms with E-state index in [1.807, 2.05) is 37.3 Å². The number of guanidine groups is 1. The van der Waals surface area contributed by atoms with Gasteiger partial charge in [-0.05, 0) is 37.5 Å². The Morgan fingerprint density at radius 2 is 2.03 bits per heavy atom. The number of hydrogen-bond donors (Lipinski definition) is 3. The number of aliphatic imine (C=N–C) groups is 1. The van der Waals surface area contributed by atoms with Crippen LogP contribution >= 0.6 is 24.0 Å². The van der Waals surface area contributed by atoms with Gasteiger partial charge in [0.25, 0.3) is 0 Å². The van der Waals surface area contributed by atoms with Gasteiger partial charge in [-0.1, -0.05) is 42.5 Å². The Bertz CT molecular complexity index is 826. The molecule has 0 spiro atoms. The number of hydrogen-bond acceptors (Lipinski definition) is 4. The molecule has 1 saturated heterocycles. The lowest BCUT2D eigenvalue weighted by molar-refractivity contribution is 0.166. The van der Waals surface area contributed by atoms with Crippen molar-refractivity contribution in [3.63, 3.8) is 0 Å². The lowest BCUT2D eigenvalue weighted by Gasteiger charge is -2.17. The summed E-state index contributed by atoms with van der Waals surface area (Å²) in [4.78, 5) is 4.71. The van der Waals surface area contributed by atoms with Gasteiger partial charge in [-0.3, -0.25) is 0 Å². The largest absolute Gasteiger partial charge is 0.493 e. The first-order valence-corrected chi connectivity index (χ1v) is 11.2. The van der Waals surface area contributed by atoms with Crippen LogP contribution in [0.25, 0.3) is 0 Å². The standard InChI is InChI=1S/C25H35N3O3.HI/c1-3-26-25(28-16-23(29)14-20-7-5-4-6-8-20)27-15-22-10-9-19(2)13-24(22)31-18-21-11-12-30-17-21;/h4-10,13,21,23,29H,3,11-12,14-18H2,1-2H3,(H2,26,27,28);1H. The van der Waals surface area contributed by atoms with Crippen molar-refractivity contribution in [2.45, 2.75) is 39.3 Å². The smallest absolute Gasteiger partial charge is 0.191 e. The number of ether oxygens (including phenoxy) is 2. The van der Waals surface area contributed by atoms with E-state index in [-0.39, 0.29) is 24.0 Å². The molecule has 3 rings (SSSR count). The van der Waals surface area contributed by atoms with Gasteiger partial charge in [0.15, 0.2) is 5.96 Å². The van der Waals surface area contributed by atoms with E-state index in [1.165, 1.54) is 5.56 Å². The highest BCUT2D eigenvalue weighted by molar-refractivity contribution is 14.0. The summed E-state index contributed by atoms with van der Waals surface area (Å²) >= 11 is 0. The SMILES string of the molecule is CCNC(=NCc1ccc(C)cc1OCC1CCOC1)NCC(O)Cc1ccccc1.I. The van der Waals surface area contributed by atoms with Crippen LogP contribution in [0.4, 0.5) is 0 Å². The highest BCUT2D eigenvalue weighted by Crippen LogP contribution is 2.23. The molecule has 0 amide bonds. The van der Waals surface area contributed by atoms with Crippen LogP contribution in [0.2, 0.25) is 0 Å². The average Bonchev–Trinajstić information content (AvgIpc) is 3.29. The molecular formula is C25H36IN3O3. The van der Waals surface area contributed by atoms with Crippen LogP contribution in [0.1, 0.15) is 30.0 Å². The Hall–Kier alpha value is -1.84. The zero-order chi connectivity index (χ0) is 21.9. The summed E-state index contributed by atoms with van der Waals surface area (Å²) in [6.07, 6.45) is 1.17. The van der Waals surface area contributed by atoms with Crippen LogP contribution in [0.5, 0.6) is 5.75 Å². The molecule has 6 nitrogen and oxygen atoms in total. The summed E-state index contributed by atoms with van der Waals surface area (Å²) in [7, 11) is 0. The summed E-state index contributed by atoms with van der Waals surface area (Å²) in [5, 5.41) is 16.9. The van der Waals surface area contributed by atoms with Crippen molar-refractivity contribution in [1.82, 2.24) is 10.6 Å². The Balaban J connectivity index is 0.00000363. The number of aryl methyl sites for hydroxylation is 1. The van der Waals surface area contributed by atoms with Gasteiger partial charge in [0.05, 0.1) is 25.9 Å². The van der Waals surface area contributed by atoms with Gasteiger partial charge in [0.1, 0.15) is 5.75 Å². The van der Waals surface area contributed by atoms with E-state index in [2.05, 4.69) is 35.8 Å². The van der Waals surface area contributed by atoms with Crippen LogP contribution in [-0.4, -0.2) is 50.1 Å². The van der Waals surface area contributed by atoms with Gasteiger partial charge in [-0.15, -0.1) is 24.0 Å². The summed E-state index contributed by atoms with van der Waals surface area (Å²) in [6, 6.07) is 16.2. The topological polar surface area (TPSA) is 75.1 Å². The molecule has 1 aliphatic heterocycles. The number of aliphatic hydroxyl groups is 1. The summed E-state index contributed by atoms with van der Waals surface area (Å²) < 4.78 is 11.6. The quantitative estimate of drug-likeness (QED) is 0.238. The predicted molar refractivity (Wildman–Crippen MR) is 140 cm³/mol. The second-order valence-electron chi connectivity index (χ2n) is 8.07. The monoisotopic (exact) mass is 553 g/mol. The zero-order valence-electron chi connectivity index (χ0n) is 19.0. The van der Waals surface area contributed by atoms with E-state index in [0.29, 0.717) is 38.0 Å². The highest BCUT2D eigenvalue weighted by atomic mass is 127. The molecule has 0 aliphatic carbocycles. The molecule has 7 heteroatoms. The second kappa shape index (κ2) is 14.3. The Labute approximate surface area is 208 Å². The van der Waals surface area contributed by atoms with E-state index >= 15 is 0 Å². The first kappa shape index (κ1) is 26.4. The van der Waals surface area contributed by atoms with Crippen LogP contribution in [0.15, 0.2) is 53.5 Å². The Morgan fingerprint density at radius 1 is 1.22 bits per heavy atom. The van der Waals surface area contributed by atoms with Crippen molar-refractivity contribution in [3.8, 4) is 5.75 Å². The molecule has 0 aromatic heterocycles. The van der Waals surface area contributed by atoms with Crippen LogP contribution in [0, 0.1) is 12.8 Å². The van der Waals surface area contributed by atoms with Gasteiger partial charge >= 0.3 is 0 Å². The minimum absolute atomic E-state index is 0. The molecular weight excluding hydrogens is 517 g/mol. The van der Waals surface area contributed by atoms with Crippen molar-refractivity contribution in [2.75, 3.05) is 32.9 Å². The molecule has 1 heterocycles. The first-order valence-electron chi connectivity index (χ1n) is 11.2. The van der Waals surface area contributed by atoms with Gasteiger partial charge in [0.2, 0.25) is 0 Å². The molecule has 2 aromatic rings. The minimum Gasteiger partial charge on any atom is -0.493 e. The molecule has 1 fully saturated rings. The maximum absolute atomic E-state index is 10.4. The fourth-order valence-electron chi connectivity index (χ4n) is 3.53. The number of aliphatic hydroxyl groups excluding tert-OH is 1. The number of halogens is 1. The Kier molecular flexibility index (Phi) is 11.8. The Morgan fingerprint density at radius 3 is 2.75 bits per heavy atom. The molecule has 176 valence electrons. The van der Waals surface area contributed by atoms with Crippen LogP contribution in [-0.2, 0) is 17.7 Å². The van der Waals surface area contributed by atoms with Crippen LogP contribution < -0.4 is 15.4 Å². The van der Waals surface area contributed by atoms with E-state index in [4.69, 9.17) is 14.5 Å². The van der Waals surface area contributed by atoms with Gasteiger partial charge < -0.3 is 25.2 Å². The lowest BCUT2D eigenvalue weighted by atomic mass is 10.1. The van der Waals surface area contributed by atoms with E-state index < -0.39 is 6.10 Å². The molecule has 32 heavy (non-hydrogen) atoms. The van der Waals surface area contributed by atoms with Crippen molar-refractivity contribution in [3.05, 3.63) is 65.2 Å². The van der Waals surface area contributed by atoms with Crippen molar-refractivity contribution < 1.29 is 14.6 Å². The average molecular weight is 553 g/mol. The normalized spacial score (nSPS) is 16.8. The number of benzene rings is 2. The molecule has 0 radical (unpaired) electrons. The van der Waals surface area contributed by atoms with Crippen molar-refractivity contribution in [2.24, 2.45) is 10.9 Å². The van der Waals surface area contributed by atoms with E-state index in [1.54, 1.807) is 0 Å². The minimum atomic E-state index is -0.488. The number of nitrogens with zero attached hydrogens (tertiary/aromatic N) is 1. The molecule has 3 N–H and O–H groups in total. The van der Waals surface area contributed by atoms with Gasteiger partial charge in [-0.2, -0.15) is 0 Å². The summed E-state index contributed by atoms with van der Waals surface area (Å²) in [6.45, 7) is 8.05. The highest BCUT2D eigenvalue weighted by Gasteiger charge is 2.17. The first-order chi connectivity index (χ1) is 15.1. The van der Waals surface area contributed by atoms with E-state index in [9.17, 15) is 5.11 Å². The third-order valence-corrected chi connectivity index (χ3v) is 5.29. The second-order valence-corrected chi connectivity index (χ2v) is 8.07. The molecule has 0 saturated carbocycles. The predicted octanol–water partition coefficient (Wildman–Crippen LogP) is 3.69. The molecule has 1 aliphatic rings. The van der Waals surface area contributed by atoms with Crippen molar-refractivity contribution in [1.29, 1.82) is 0 Å². The van der Waals surface area contributed by atoms with Crippen LogP contribution in [0.3, 0.4) is 0 Å². The molecule has 2 aromatic carbocycles. The fraction of sp³-hybridized carbons (Fsp3) is 0.480. The van der Waals surface area contributed by atoms with Gasteiger partial charge in [0, 0.05) is 37.6 Å². The fourth-order valence-corrected chi connectivity index (χ4v) is 3.53. The maximum Gasteiger partial charge on any atom is 0.191 e. The summed E-state index contributed by atoms with van der Waals surface area (Å²) in [5.41, 5.74) is 3.33. The third-order valence-electron chi connectivity index (χ3n) is 5.29. The zero-order valence-corrected chi connectivity index (χ0v) is 21.4. The molecule has 2 unspecified atom stereocenters. The number of rotatable bonds is 10. The molecule has 2 atom stereocenters. The summed E-state index contributed by atoms with van der Waals surface area (Å²) in [5.74, 6) is 2.03. The van der Waals surface area contributed by atoms with E-state index in [0.717, 1.165) is 43.1 Å². The third kappa shape index (κ3) is 8.96. The van der Waals surface area contributed by atoms with Crippen molar-refractivity contribution >= 4 is 29.9 Å². The number of nitrogens with one attached hydrogen (secondary N) is 2.